The van der Waals surface area contributed by atoms with E-state index in [2.05, 4.69) is 62.4 Å². The van der Waals surface area contributed by atoms with Crippen LogP contribution in [0.15, 0.2) is 66.7 Å². The second-order valence-corrected chi connectivity index (χ2v) is 8.60. The summed E-state index contributed by atoms with van der Waals surface area (Å²) in [5, 5.41) is 8.72. The molecular weight excluding hydrogens is 412 g/mol. The predicted octanol–water partition coefficient (Wildman–Crippen LogP) is 4.44. The number of nitrogens with one attached hydrogen (secondary N) is 2. The fourth-order valence-corrected chi connectivity index (χ4v) is 4.42. The predicted molar refractivity (Wildman–Crippen MR) is 132 cm³/mol. The van der Waals surface area contributed by atoms with Crippen LogP contribution in [-0.4, -0.2) is 58.3 Å². The Kier molecular flexibility index (Phi) is 4.96. The molecule has 0 bridgehead atoms. The fourth-order valence-electron chi connectivity index (χ4n) is 4.42. The van der Waals surface area contributed by atoms with Crippen molar-refractivity contribution in [3.8, 4) is 17.3 Å². The van der Waals surface area contributed by atoms with E-state index in [-0.39, 0.29) is 0 Å². The number of aromatic amines is 2. The third kappa shape index (κ3) is 3.81. The van der Waals surface area contributed by atoms with Gasteiger partial charge in [-0.05, 0) is 36.9 Å². The zero-order valence-corrected chi connectivity index (χ0v) is 18.6. The Hall–Kier alpha value is -3.84. The number of aromatic nitrogens is 4. The van der Waals surface area contributed by atoms with E-state index < -0.39 is 0 Å². The molecule has 0 amide bonds. The molecule has 0 radical (unpaired) electrons. The molecular formula is C26H26N6O. The number of H-pyrrole nitrogens is 2. The van der Waals surface area contributed by atoms with Crippen LogP contribution in [0, 0.1) is 0 Å². The van der Waals surface area contributed by atoms with Crippen LogP contribution in [0.3, 0.4) is 0 Å². The average Bonchev–Trinajstić information content (AvgIpc) is 3.47. The number of benzene rings is 3. The maximum absolute atomic E-state index is 6.09. The quantitative estimate of drug-likeness (QED) is 0.425. The number of rotatable bonds is 5. The highest BCUT2D eigenvalue weighted by atomic mass is 16.5. The van der Waals surface area contributed by atoms with E-state index in [0.717, 1.165) is 70.9 Å². The Morgan fingerprint density at radius 2 is 1.79 bits per heavy atom. The van der Waals surface area contributed by atoms with Gasteiger partial charge < -0.3 is 19.5 Å². The molecule has 3 aromatic carbocycles. The second-order valence-electron chi connectivity index (χ2n) is 8.60. The maximum Gasteiger partial charge on any atom is 0.159 e. The topological polar surface area (TPSA) is 73.1 Å². The van der Waals surface area contributed by atoms with Crippen LogP contribution < -0.4 is 9.64 Å². The van der Waals surface area contributed by atoms with Gasteiger partial charge >= 0.3 is 0 Å². The van der Waals surface area contributed by atoms with Gasteiger partial charge in [0.2, 0.25) is 0 Å². The SMILES string of the molecule is CN1CCN(c2ccc3nc(-c4n[nH]c5c(OCc6ccccc6)cccc45)[nH]c3c2)CC1. The average molecular weight is 439 g/mol. The van der Waals surface area contributed by atoms with E-state index in [1.54, 1.807) is 0 Å². The molecule has 7 nitrogen and oxygen atoms in total. The van der Waals surface area contributed by atoms with Gasteiger partial charge in [-0.2, -0.15) is 5.10 Å². The van der Waals surface area contributed by atoms with Gasteiger partial charge in [-0.3, -0.25) is 5.10 Å². The lowest BCUT2D eigenvalue weighted by Crippen LogP contribution is -2.44. The molecule has 1 saturated heterocycles. The summed E-state index contributed by atoms with van der Waals surface area (Å²) >= 11 is 0. The summed E-state index contributed by atoms with van der Waals surface area (Å²) in [5.74, 6) is 1.54. The Morgan fingerprint density at radius 1 is 0.939 bits per heavy atom. The molecule has 2 aromatic heterocycles. The molecule has 0 aliphatic carbocycles. The van der Waals surface area contributed by atoms with Crippen LogP contribution in [0.2, 0.25) is 0 Å². The smallest absolute Gasteiger partial charge is 0.159 e. The Balaban J connectivity index is 1.29. The van der Waals surface area contributed by atoms with E-state index in [9.17, 15) is 0 Å². The number of anilines is 1. The van der Waals surface area contributed by atoms with Gasteiger partial charge in [0.15, 0.2) is 5.82 Å². The number of fused-ring (bicyclic) bond motifs is 2. The number of likely N-dealkylation sites (N-methyl/N-ethyl adjacent to an activating group) is 1. The lowest BCUT2D eigenvalue weighted by atomic mass is 10.2. The van der Waals surface area contributed by atoms with E-state index in [4.69, 9.17) is 9.72 Å². The minimum atomic E-state index is 0.508. The number of ether oxygens (including phenoxy) is 1. The third-order valence-corrected chi connectivity index (χ3v) is 6.36. The lowest BCUT2D eigenvalue weighted by Gasteiger charge is -2.34. The first kappa shape index (κ1) is 19.8. The Labute approximate surface area is 192 Å². The number of piperazine rings is 1. The lowest BCUT2D eigenvalue weighted by molar-refractivity contribution is 0.309. The molecule has 6 rings (SSSR count). The van der Waals surface area contributed by atoms with Crippen molar-refractivity contribution in [1.29, 1.82) is 0 Å². The van der Waals surface area contributed by atoms with Gasteiger partial charge in [0.05, 0.1) is 11.0 Å². The van der Waals surface area contributed by atoms with Crippen molar-refractivity contribution in [2.24, 2.45) is 0 Å². The Morgan fingerprint density at radius 3 is 2.64 bits per heavy atom. The zero-order valence-electron chi connectivity index (χ0n) is 18.6. The van der Waals surface area contributed by atoms with Gasteiger partial charge in [0.25, 0.3) is 0 Å². The second kappa shape index (κ2) is 8.26. The van der Waals surface area contributed by atoms with Crippen molar-refractivity contribution in [2.75, 3.05) is 38.1 Å². The standard InChI is InChI=1S/C26H26N6O/c1-31-12-14-32(15-13-31)19-10-11-21-22(16-19)28-26(27-21)25-20-8-5-9-23(24(20)29-30-25)33-17-18-6-3-2-4-7-18/h2-11,16H,12-15,17H2,1H3,(H,27,28)(H,29,30). The first-order valence-electron chi connectivity index (χ1n) is 11.3. The largest absolute Gasteiger partial charge is 0.487 e. The van der Waals surface area contributed by atoms with Gasteiger partial charge in [-0.15, -0.1) is 0 Å². The highest BCUT2D eigenvalue weighted by Crippen LogP contribution is 2.32. The van der Waals surface area contributed by atoms with Crippen molar-refractivity contribution in [3.05, 3.63) is 72.3 Å². The molecule has 2 N–H and O–H groups in total. The summed E-state index contributed by atoms with van der Waals surface area (Å²) < 4.78 is 6.09. The van der Waals surface area contributed by atoms with E-state index >= 15 is 0 Å². The van der Waals surface area contributed by atoms with Gasteiger partial charge in [0, 0.05) is 37.3 Å². The van der Waals surface area contributed by atoms with Crippen LogP contribution in [0.1, 0.15) is 5.56 Å². The normalized spacial score (nSPS) is 14.9. The summed E-state index contributed by atoms with van der Waals surface area (Å²) in [7, 11) is 2.17. The maximum atomic E-state index is 6.09. The van der Waals surface area contributed by atoms with Gasteiger partial charge in [0.1, 0.15) is 23.6 Å². The third-order valence-electron chi connectivity index (χ3n) is 6.36. The van der Waals surface area contributed by atoms with Crippen LogP contribution in [0.4, 0.5) is 5.69 Å². The number of nitrogens with zero attached hydrogens (tertiary/aromatic N) is 4. The van der Waals surface area contributed by atoms with Crippen molar-refractivity contribution in [3.63, 3.8) is 0 Å². The summed E-state index contributed by atoms with van der Waals surface area (Å²) in [6.07, 6.45) is 0. The number of hydrogen-bond donors (Lipinski definition) is 2. The summed E-state index contributed by atoms with van der Waals surface area (Å²) in [5.41, 5.74) is 6.00. The van der Waals surface area contributed by atoms with Crippen LogP contribution in [0.25, 0.3) is 33.5 Å². The van der Waals surface area contributed by atoms with E-state index in [0.29, 0.717) is 6.61 Å². The van der Waals surface area contributed by atoms with Crippen LogP contribution in [-0.2, 0) is 6.61 Å². The molecule has 1 aliphatic rings. The Bertz CT molecular complexity index is 1400. The van der Waals surface area contributed by atoms with Crippen molar-refractivity contribution in [1.82, 2.24) is 25.1 Å². The van der Waals surface area contributed by atoms with E-state index in [1.165, 1.54) is 5.69 Å². The number of hydrogen-bond acceptors (Lipinski definition) is 5. The molecule has 0 spiro atoms. The van der Waals surface area contributed by atoms with Crippen molar-refractivity contribution in [2.45, 2.75) is 6.61 Å². The summed E-state index contributed by atoms with van der Waals surface area (Å²) in [6.45, 7) is 4.76. The van der Waals surface area contributed by atoms with Crippen molar-refractivity contribution >= 4 is 27.6 Å². The van der Waals surface area contributed by atoms with Crippen molar-refractivity contribution < 1.29 is 4.74 Å². The monoisotopic (exact) mass is 438 g/mol. The minimum Gasteiger partial charge on any atom is -0.487 e. The highest BCUT2D eigenvalue weighted by molar-refractivity contribution is 5.96. The fraction of sp³-hybridized carbons (Fsp3) is 0.231. The zero-order chi connectivity index (χ0) is 22.2. The molecule has 0 unspecified atom stereocenters. The first-order valence-corrected chi connectivity index (χ1v) is 11.3. The molecule has 1 fully saturated rings. The molecule has 166 valence electrons. The molecule has 3 heterocycles. The van der Waals surface area contributed by atoms with Gasteiger partial charge in [-0.25, -0.2) is 4.98 Å². The molecule has 0 saturated carbocycles. The molecule has 1 aliphatic heterocycles. The van der Waals surface area contributed by atoms with E-state index in [1.807, 2.05) is 36.4 Å². The molecule has 33 heavy (non-hydrogen) atoms. The minimum absolute atomic E-state index is 0.508. The molecule has 5 aromatic rings. The molecule has 7 heteroatoms. The first-order chi connectivity index (χ1) is 16.2. The molecule has 0 atom stereocenters. The van der Waals surface area contributed by atoms with Crippen LogP contribution in [0.5, 0.6) is 5.75 Å². The summed E-state index contributed by atoms with van der Waals surface area (Å²) in [6, 6.07) is 22.6. The van der Waals surface area contributed by atoms with Crippen LogP contribution >= 0.6 is 0 Å². The summed E-state index contributed by atoms with van der Waals surface area (Å²) in [4.78, 5) is 13.1. The number of imidazole rings is 1. The number of para-hydroxylation sites is 1. The highest BCUT2D eigenvalue weighted by Gasteiger charge is 2.18. The van der Waals surface area contributed by atoms with Gasteiger partial charge in [-0.1, -0.05) is 42.5 Å².